The highest BCUT2D eigenvalue weighted by Crippen LogP contribution is 2.34. The second-order valence-corrected chi connectivity index (χ2v) is 6.60. The lowest BCUT2D eigenvalue weighted by Crippen LogP contribution is -2.39. The SMILES string of the molecule is Cc1nc(/C=C\C(=O)N(C2CCCC2)C2CC2)cs1. The Kier molecular flexibility index (Phi) is 3.69. The van der Waals surface area contributed by atoms with E-state index in [0.717, 1.165) is 10.7 Å². The van der Waals surface area contributed by atoms with E-state index < -0.39 is 0 Å². The van der Waals surface area contributed by atoms with Gasteiger partial charge in [-0.05, 0) is 38.7 Å². The van der Waals surface area contributed by atoms with Crippen molar-refractivity contribution in [1.82, 2.24) is 9.88 Å². The molecule has 2 fully saturated rings. The van der Waals surface area contributed by atoms with Gasteiger partial charge in [-0.15, -0.1) is 11.3 Å². The first-order valence-corrected chi connectivity index (χ1v) is 8.04. The summed E-state index contributed by atoms with van der Waals surface area (Å²) >= 11 is 1.62. The molecule has 1 aromatic rings. The van der Waals surface area contributed by atoms with E-state index in [1.807, 2.05) is 18.4 Å². The molecule has 102 valence electrons. The molecule has 1 aromatic heterocycles. The van der Waals surface area contributed by atoms with Gasteiger partial charge in [0.1, 0.15) is 0 Å². The number of rotatable bonds is 4. The van der Waals surface area contributed by atoms with Crippen molar-refractivity contribution in [3.05, 3.63) is 22.2 Å². The average Bonchev–Trinajstić information content (AvgIpc) is 2.89. The fourth-order valence-electron chi connectivity index (χ4n) is 2.89. The van der Waals surface area contributed by atoms with Crippen molar-refractivity contribution in [2.75, 3.05) is 0 Å². The second kappa shape index (κ2) is 5.45. The van der Waals surface area contributed by atoms with Crippen LogP contribution in [0, 0.1) is 6.92 Å². The highest BCUT2D eigenvalue weighted by atomic mass is 32.1. The molecule has 2 saturated carbocycles. The third-order valence-corrected chi connectivity index (χ3v) is 4.74. The first-order valence-electron chi connectivity index (χ1n) is 7.16. The summed E-state index contributed by atoms with van der Waals surface area (Å²) < 4.78 is 0. The van der Waals surface area contributed by atoms with E-state index in [1.54, 1.807) is 17.4 Å². The first-order chi connectivity index (χ1) is 9.24. The normalized spacial score (nSPS) is 20.3. The van der Waals surface area contributed by atoms with Crippen molar-refractivity contribution in [2.24, 2.45) is 0 Å². The third kappa shape index (κ3) is 3.06. The average molecular weight is 276 g/mol. The molecular formula is C15H20N2OS. The van der Waals surface area contributed by atoms with Crippen LogP contribution in [-0.2, 0) is 4.79 Å². The van der Waals surface area contributed by atoms with Gasteiger partial charge in [0.2, 0.25) is 5.91 Å². The number of hydrogen-bond acceptors (Lipinski definition) is 3. The molecule has 2 aliphatic carbocycles. The summed E-state index contributed by atoms with van der Waals surface area (Å²) in [6, 6.07) is 0.999. The number of aryl methyl sites for hydroxylation is 1. The molecule has 0 N–H and O–H groups in total. The van der Waals surface area contributed by atoms with Crippen LogP contribution in [0.5, 0.6) is 0 Å². The number of aromatic nitrogens is 1. The maximum atomic E-state index is 12.4. The predicted octanol–water partition coefficient (Wildman–Crippen LogP) is 3.40. The number of amides is 1. The van der Waals surface area contributed by atoms with E-state index in [0.29, 0.717) is 12.1 Å². The lowest BCUT2D eigenvalue weighted by atomic mass is 10.2. The molecule has 0 radical (unpaired) electrons. The quantitative estimate of drug-likeness (QED) is 0.790. The van der Waals surface area contributed by atoms with Gasteiger partial charge < -0.3 is 4.90 Å². The van der Waals surface area contributed by atoms with Gasteiger partial charge in [-0.25, -0.2) is 4.98 Å². The van der Waals surface area contributed by atoms with E-state index in [2.05, 4.69) is 9.88 Å². The molecular weight excluding hydrogens is 256 g/mol. The van der Waals surface area contributed by atoms with Crippen molar-refractivity contribution in [1.29, 1.82) is 0 Å². The predicted molar refractivity (Wildman–Crippen MR) is 78.0 cm³/mol. The number of hydrogen-bond donors (Lipinski definition) is 0. The van der Waals surface area contributed by atoms with Gasteiger partial charge >= 0.3 is 0 Å². The maximum absolute atomic E-state index is 12.4. The van der Waals surface area contributed by atoms with Crippen molar-refractivity contribution < 1.29 is 4.79 Å². The van der Waals surface area contributed by atoms with E-state index in [9.17, 15) is 4.79 Å². The zero-order valence-electron chi connectivity index (χ0n) is 11.3. The summed E-state index contributed by atoms with van der Waals surface area (Å²) in [7, 11) is 0. The van der Waals surface area contributed by atoms with Crippen molar-refractivity contribution in [3.63, 3.8) is 0 Å². The standard InChI is InChI=1S/C15H20N2OS/c1-11-16-12(10-19-11)6-9-15(18)17(14-7-8-14)13-4-2-3-5-13/h6,9-10,13-14H,2-5,7-8H2,1H3/b9-6-. The summed E-state index contributed by atoms with van der Waals surface area (Å²) in [6.07, 6.45) is 10.9. The fraction of sp³-hybridized carbons (Fsp3) is 0.600. The Morgan fingerprint density at radius 2 is 2.00 bits per heavy atom. The summed E-state index contributed by atoms with van der Waals surface area (Å²) in [5, 5.41) is 3.04. The first kappa shape index (κ1) is 12.9. The Bertz CT molecular complexity index is 484. The molecule has 3 nitrogen and oxygen atoms in total. The van der Waals surface area contributed by atoms with Crippen LogP contribution in [0.2, 0.25) is 0 Å². The van der Waals surface area contributed by atoms with Crippen molar-refractivity contribution >= 4 is 23.3 Å². The number of carbonyl (C=O) groups is 1. The molecule has 0 aromatic carbocycles. The zero-order valence-corrected chi connectivity index (χ0v) is 12.2. The summed E-state index contributed by atoms with van der Waals surface area (Å²) in [5.41, 5.74) is 0.901. The van der Waals surface area contributed by atoms with Crippen LogP contribution < -0.4 is 0 Å². The smallest absolute Gasteiger partial charge is 0.247 e. The number of thiazole rings is 1. The number of nitrogens with zero attached hydrogens (tertiary/aromatic N) is 2. The fourth-order valence-corrected chi connectivity index (χ4v) is 3.47. The number of carbonyl (C=O) groups excluding carboxylic acids is 1. The Labute approximate surface area is 118 Å². The van der Waals surface area contributed by atoms with Gasteiger partial charge in [-0.2, -0.15) is 0 Å². The molecule has 0 bridgehead atoms. The minimum absolute atomic E-state index is 0.181. The lowest BCUT2D eigenvalue weighted by Gasteiger charge is -2.27. The zero-order chi connectivity index (χ0) is 13.2. The molecule has 0 spiro atoms. The van der Waals surface area contributed by atoms with Crippen LogP contribution in [0.25, 0.3) is 6.08 Å². The summed E-state index contributed by atoms with van der Waals surface area (Å²) in [4.78, 5) is 18.9. The van der Waals surface area contributed by atoms with Crippen LogP contribution in [-0.4, -0.2) is 27.9 Å². The minimum atomic E-state index is 0.181. The van der Waals surface area contributed by atoms with Gasteiger partial charge in [0, 0.05) is 23.5 Å². The summed E-state index contributed by atoms with van der Waals surface area (Å²) in [6.45, 7) is 1.98. The Balaban J connectivity index is 1.68. The van der Waals surface area contributed by atoms with Crippen molar-refractivity contribution in [3.8, 4) is 0 Å². The van der Waals surface area contributed by atoms with Crippen LogP contribution in [0.3, 0.4) is 0 Å². The lowest BCUT2D eigenvalue weighted by molar-refractivity contribution is -0.128. The Morgan fingerprint density at radius 3 is 2.58 bits per heavy atom. The van der Waals surface area contributed by atoms with E-state index >= 15 is 0 Å². The van der Waals surface area contributed by atoms with Crippen LogP contribution >= 0.6 is 11.3 Å². The van der Waals surface area contributed by atoms with Crippen LogP contribution in [0.1, 0.15) is 49.2 Å². The largest absolute Gasteiger partial charge is 0.333 e. The molecule has 0 saturated heterocycles. The highest BCUT2D eigenvalue weighted by Gasteiger charge is 2.37. The van der Waals surface area contributed by atoms with E-state index in [4.69, 9.17) is 0 Å². The third-order valence-electron chi connectivity index (χ3n) is 3.95. The monoisotopic (exact) mass is 276 g/mol. The van der Waals surface area contributed by atoms with Crippen LogP contribution in [0.4, 0.5) is 0 Å². The van der Waals surface area contributed by atoms with Gasteiger partial charge in [-0.3, -0.25) is 4.79 Å². The van der Waals surface area contributed by atoms with Gasteiger partial charge in [-0.1, -0.05) is 12.8 Å². The molecule has 0 unspecified atom stereocenters. The van der Waals surface area contributed by atoms with Crippen molar-refractivity contribution in [2.45, 2.75) is 57.5 Å². The maximum Gasteiger partial charge on any atom is 0.247 e. The van der Waals surface area contributed by atoms with Gasteiger partial charge in [0.15, 0.2) is 0 Å². The summed E-state index contributed by atoms with van der Waals surface area (Å²) in [5.74, 6) is 0.181. The minimum Gasteiger partial charge on any atom is -0.333 e. The molecule has 0 aliphatic heterocycles. The Hall–Kier alpha value is -1.16. The van der Waals surface area contributed by atoms with Gasteiger partial charge in [0.25, 0.3) is 0 Å². The second-order valence-electron chi connectivity index (χ2n) is 5.54. The molecule has 3 rings (SSSR count). The molecule has 1 heterocycles. The van der Waals surface area contributed by atoms with E-state index in [1.165, 1.54) is 38.5 Å². The Morgan fingerprint density at radius 1 is 1.32 bits per heavy atom. The van der Waals surface area contributed by atoms with Crippen LogP contribution in [0.15, 0.2) is 11.5 Å². The molecule has 4 heteroatoms. The highest BCUT2D eigenvalue weighted by molar-refractivity contribution is 7.09. The molecule has 0 atom stereocenters. The molecule has 19 heavy (non-hydrogen) atoms. The topological polar surface area (TPSA) is 33.2 Å². The molecule has 2 aliphatic rings. The van der Waals surface area contributed by atoms with Gasteiger partial charge in [0.05, 0.1) is 10.7 Å². The van der Waals surface area contributed by atoms with E-state index in [-0.39, 0.29) is 5.91 Å². The molecule has 1 amide bonds.